The fraction of sp³-hybridized carbons (Fsp3) is 0.381. The van der Waals surface area contributed by atoms with E-state index in [-0.39, 0.29) is 0 Å². The van der Waals surface area contributed by atoms with Crippen LogP contribution in [0.1, 0.15) is 275 Å². The van der Waals surface area contributed by atoms with Crippen LogP contribution in [0.15, 0.2) is 24.3 Å². The van der Waals surface area contributed by atoms with Crippen LogP contribution in [-0.2, 0) is 51.4 Å². The van der Waals surface area contributed by atoms with Gasteiger partial charge in [-0.2, -0.15) is 0 Å². The lowest BCUT2D eigenvalue weighted by Crippen LogP contribution is -2.14. The first-order valence-corrected chi connectivity index (χ1v) is 36.7. The Balaban J connectivity index is 0.000000174. The summed E-state index contributed by atoms with van der Waals surface area (Å²) >= 11 is 0. The van der Waals surface area contributed by atoms with Gasteiger partial charge in [0.1, 0.15) is 0 Å². The van der Waals surface area contributed by atoms with E-state index in [0.717, 1.165) is 237 Å². The lowest BCUT2D eigenvalue weighted by atomic mass is 9.97. The predicted molar refractivity (Wildman–Crippen MR) is 412 cm³/mol. The van der Waals surface area contributed by atoms with Crippen LogP contribution in [0.25, 0.3) is 137 Å². The summed E-state index contributed by atoms with van der Waals surface area (Å²) in [6.45, 7) is 36.3. The maximum absolute atomic E-state index is 5.51. The predicted octanol–water partition coefficient (Wildman–Crippen LogP) is 18.8. The van der Waals surface area contributed by atoms with Gasteiger partial charge in [0, 0.05) is 0 Å². The van der Waals surface area contributed by atoms with Gasteiger partial charge in [0.05, 0.1) is 134 Å². The Morgan fingerprint density at radius 1 is 0.198 bits per heavy atom. The number of allylic oxidation sites excluding steroid dienone is 12. The van der Waals surface area contributed by atoms with E-state index in [1.54, 1.807) is 0 Å². The van der Waals surface area contributed by atoms with Crippen molar-refractivity contribution in [2.45, 2.75) is 214 Å². The molecule has 0 amide bonds. The quantitative estimate of drug-likeness (QED) is 0.0481. The number of nitrogens with one attached hydrogen (secondary N) is 8. The molecule has 0 radical (unpaired) electrons. The highest BCUT2D eigenvalue weighted by molar-refractivity contribution is 6.03. The summed E-state index contributed by atoms with van der Waals surface area (Å²) in [6, 6.07) is 0. The van der Waals surface area contributed by atoms with E-state index in [4.69, 9.17) is 19.9 Å². The van der Waals surface area contributed by atoms with E-state index in [0.29, 0.717) is 0 Å². The normalized spacial score (nSPS) is 14.5. The van der Waals surface area contributed by atoms with Crippen LogP contribution >= 0.6 is 0 Å². The van der Waals surface area contributed by atoms with E-state index >= 15 is 0 Å². The monoisotopic (exact) mass is 1280 g/mol. The Hall–Kier alpha value is -9.16. The fourth-order valence-corrected chi connectivity index (χ4v) is 17.1. The average Bonchev–Trinajstić information content (AvgIpc) is 1.61. The standard InChI is InChI=1S/2C42H50N6/c2*1-9-23-27(13-5)39-40-28(14-6)24(10-2)37(46-40)33-21-18-22-34(44-33)38-26(12-4)30(16-8)42(48-38)41-29(15-7)25(11-3)36(47-41)32-20-17-19-31(43-32)35(23)45-39/h2*17-22,43-45,48H,9-16H2,1-8H3. The second-order valence-electron chi connectivity index (χ2n) is 26.0. The first-order chi connectivity index (χ1) is 46.9. The van der Waals surface area contributed by atoms with Gasteiger partial charge in [-0.05, 0) is 240 Å². The Morgan fingerprint density at radius 3 is 0.531 bits per heavy atom. The molecule has 0 spiro atoms. The van der Waals surface area contributed by atoms with Gasteiger partial charge in [-0.25, -0.2) is 19.9 Å². The largest absolute Gasteiger partial charge is 0.352 e. The second-order valence-corrected chi connectivity index (χ2v) is 26.0. The van der Waals surface area contributed by atoms with Gasteiger partial charge in [0.25, 0.3) is 0 Å². The first-order valence-electron chi connectivity index (χ1n) is 36.7. The summed E-state index contributed by atoms with van der Waals surface area (Å²) in [4.78, 5) is 53.3. The van der Waals surface area contributed by atoms with E-state index in [2.05, 4.69) is 224 Å². The molecule has 24 bridgehead atoms. The summed E-state index contributed by atoms with van der Waals surface area (Å²) in [5.41, 5.74) is 43.7. The number of hydrogen-bond donors (Lipinski definition) is 8. The molecular formula is C84H100N12. The highest BCUT2D eigenvalue weighted by Gasteiger charge is 2.30. The second kappa shape index (κ2) is 27.2. The topological polar surface area (TPSA) is 178 Å². The van der Waals surface area contributed by atoms with Crippen LogP contribution < -0.4 is 21.4 Å². The molecule has 6 aromatic heterocycles. The number of hydrogen-bond acceptors (Lipinski definition) is 4. The SMILES string of the molecule is CCC1=C(CC)c2nc1c1[nH]c(c3[nH]c(c4nc(c5[nH]c(c6[nH]c2c(CC)c6CC)C=CC=5)C(CC)=C4CC)c(CC)c3CC)C=CC=1.CCC1=C(CC)c2nc1c1[nH]c(c3[nH]c(c4nc(c5[nH]c(c6[nH]c2c(CC)c6CC)C=CC=5)C(CC)=C4CC)c(CC)c3CC)C=CC=1. The molecule has 8 aliphatic rings. The van der Waals surface area contributed by atoms with Crippen LogP contribution in [0.4, 0.5) is 0 Å². The van der Waals surface area contributed by atoms with Crippen LogP contribution in [0.2, 0.25) is 0 Å². The molecule has 12 heteroatoms. The van der Waals surface area contributed by atoms with Gasteiger partial charge in [0.15, 0.2) is 0 Å². The number of aromatic amines is 8. The molecule has 8 N–H and O–H groups in total. The van der Waals surface area contributed by atoms with Crippen molar-refractivity contribution in [1.29, 1.82) is 0 Å². The molecule has 496 valence electrons. The molecule has 96 heavy (non-hydrogen) atoms. The third-order valence-electron chi connectivity index (χ3n) is 21.4. The van der Waals surface area contributed by atoms with Gasteiger partial charge in [-0.3, -0.25) is 0 Å². The fourth-order valence-electron chi connectivity index (χ4n) is 17.1. The highest BCUT2D eigenvalue weighted by Crippen LogP contribution is 2.43. The van der Waals surface area contributed by atoms with Gasteiger partial charge < -0.3 is 39.9 Å². The van der Waals surface area contributed by atoms with E-state index < -0.39 is 0 Å². The Kier molecular flexibility index (Phi) is 18.5. The number of fused-ring (bicyclic) bond motifs is 36. The zero-order chi connectivity index (χ0) is 67.4. The third-order valence-corrected chi connectivity index (χ3v) is 21.4. The van der Waals surface area contributed by atoms with Crippen molar-refractivity contribution in [2.24, 2.45) is 0 Å². The summed E-state index contributed by atoms with van der Waals surface area (Å²) in [7, 11) is 0. The molecule has 14 rings (SSSR count). The van der Waals surface area contributed by atoms with Crippen molar-refractivity contribution in [3.05, 3.63) is 159 Å². The number of aryl methyl sites for hydroxylation is 8. The molecule has 0 aliphatic carbocycles. The summed E-state index contributed by atoms with van der Waals surface area (Å²) in [6.07, 6.45) is 41.2. The van der Waals surface area contributed by atoms with E-state index in [1.807, 2.05) is 0 Å². The van der Waals surface area contributed by atoms with Gasteiger partial charge >= 0.3 is 0 Å². The first kappa shape index (κ1) is 65.5. The Labute approximate surface area is 566 Å². The summed E-state index contributed by atoms with van der Waals surface area (Å²) in [5, 5.41) is 4.22. The van der Waals surface area contributed by atoms with E-state index in [1.165, 1.54) is 89.1 Å². The van der Waals surface area contributed by atoms with Crippen molar-refractivity contribution in [3.63, 3.8) is 0 Å². The molecule has 0 atom stereocenters. The molecule has 14 heterocycles. The maximum atomic E-state index is 5.51. The minimum atomic E-state index is 0.923. The number of H-pyrrole nitrogens is 8. The third kappa shape index (κ3) is 10.5. The molecular weight excluding hydrogens is 1180 g/mol. The van der Waals surface area contributed by atoms with Crippen molar-refractivity contribution in [2.75, 3.05) is 0 Å². The number of rotatable bonds is 16. The van der Waals surface area contributed by atoms with Crippen molar-refractivity contribution in [1.82, 2.24) is 59.8 Å². The summed E-state index contributed by atoms with van der Waals surface area (Å²) < 4.78 is 0. The zero-order valence-electron chi connectivity index (χ0n) is 60.0. The van der Waals surface area contributed by atoms with Gasteiger partial charge in [0.2, 0.25) is 0 Å². The van der Waals surface area contributed by atoms with Crippen LogP contribution in [0, 0.1) is 0 Å². The molecule has 8 aliphatic heterocycles. The molecule has 0 aromatic carbocycles. The van der Waals surface area contributed by atoms with Gasteiger partial charge in [-0.15, -0.1) is 0 Å². The maximum Gasteiger partial charge on any atom is 0.0911 e. The van der Waals surface area contributed by atoms with Crippen molar-refractivity contribution in [3.8, 4) is 0 Å². The molecule has 6 aromatic rings. The summed E-state index contributed by atoms with van der Waals surface area (Å²) in [5.74, 6) is 0. The molecule has 0 unspecified atom stereocenters. The molecule has 12 nitrogen and oxygen atoms in total. The van der Waals surface area contributed by atoms with Crippen LogP contribution in [-0.4, -0.2) is 59.8 Å². The minimum Gasteiger partial charge on any atom is -0.352 e. The van der Waals surface area contributed by atoms with Crippen molar-refractivity contribution < 1.29 is 0 Å². The molecule has 0 saturated carbocycles. The molecule has 0 saturated heterocycles. The lowest BCUT2D eigenvalue weighted by Gasteiger charge is -2.06. The van der Waals surface area contributed by atoms with Crippen LogP contribution in [0.5, 0.6) is 0 Å². The number of aromatic nitrogens is 12. The minimum absolute atomic E-state index is 0.923. The van der Waals surface area contributed by atoms with Gasteiger partial charge in [-0.1, -0.05) is 135 Å². The number of nitrogens with zero attached hydrogens (tertiary/aromatic N) is 4. The highest BCUT2D eigenvalue weighted by atomic mass is 14.9. The smallest absolute Gasteiger partial charge is 0.0911 e. The average molecular weight is 1280 g/mol. The van der Waals surface area contributed by atoms with E-state index in [9.17, 15) is 0 Å². The Morgan fingerprint density at radius 2 is 0.365 bits per heavy atom. The lowest BCUT2D eigenvalue weighted by molar-refractivity contribution is 1.06. The van der Waals surface area contributed by atoms with Crippen LogP contribution in [0.3, 0.4) is 0 Å². The molecule has 0 fully saturated rings. The zero-order valence-corrected chi connectivity index (χ0v) is 60.0. The van der Waals surface area contributed by atoms with Crippen molar-refractivity contribution >= 4 is 137 Å². The Bertz CT molecular complexity index is 4630.